The van der Waals surface area contributed by atoms with E-state index in [1.807, 2.05) is 0 Å². The predicted molar refractivity (Wildman–Crippen MR) is 95.9 cm³/mol. The number of piperazine rings is 1. The van der Waals surface area contributed by atoms with Crippen molar-refractivity contribution in [2.24, 2.45) is 0 Å². The van der Waals surface area contributed by atoms with E-state index >= 15 is 0 Å². The number of aliphatic hydroxyl groups is 1. The van der Waals surface area contributed by atoms with E-state index in [9.17, 15) is 9.90 Å². The molecule has 0 spiro atoms. The molecular weight excluding hydrogens is 320 g/mol. The zero-order valence-corrected chi connectivity index (χ0v) is 15.6. The van der Waals surface area contributed by atoms with Crippen LogP contribution in [0, 0.1) is 0 Å². The minimum Gasteiger partial charge on any atom is -0.493 e. The number of Topliss-reactive ketones (excluding diaryl/α,β-unsaturated/α-hetero) is 1. The molecule has 1 aliphatic rings. The molecule has 1 heterocycles. The van der Waals surface area contributed by atoms with Crippen molar-refractivity contribution in [1.82, 2.24) is 0 Å². The molecular formula is C19H32N2O4+2. The number of quaternary nitrogens is 2. The molecule has 0 amide bonds. The molecule has 1 aromatic carbocycles. The lowest BCUT2D eigenvalue weighted by Gasteiger charge is -2.30. The van der Waals surface area contributed by atoms with Gasteiger partial charge in [-0.1, -0.05) is 6.92 Å². The molecule has 1 aliphatic heterocycles. The van der Waals surface area contributed by atoms with Crippen molar-refractivity contribution >= 4 is 5.78 Å². The van der Waals surface area contributed by atoms with Gasteiger partial charge in [-0.05, 0) is 31.5 Å². The minimum absolute atomic E-state index is 0.0159. The zero-order valence-electron chi connectivity index (χ0n) is 15.6. The molecule has 0 radical (unpaired) electrons. The van der Waals surface area contributed by atoms with Crippen molar-refractivity contribution in [3.05, 3.63) is 23.8 Å². The number of benzene rings is 1. The second kappa shape index (κ2) is 9.75. The van der Waals surface area contributed by atoms with Gasteiger partial charge < -0.3 is 24.4 Å². The van der Waals surface area contributed by atoms with Crippen LogP contribution in [-0.2, 0) is 0 Å². The number of ether oxygens (including phenoxy) is 2. The number of methoxy groups -OCH3 is 1. The molecule has 0 aliphatic carbocycles. The summed E-state index contributed by atoms with van der Waals surface area (Å²) in [4.78, 5) is 14.5. The first-order valence-electron chi connectivity index (χ1n) is 9.20. The van der Waals surface area contributed by atoms with Gasteiger partial charge in [0.05, 0.1) is 13.7 Å². The highest BCUT2D eigenvalue weighted by Crippen LogP contribution is 2.28. The van der Waals surface area contributed by atoms with Gasteiger partial charge in [0, 0.05) is 5.56 Å². The SMILES string of the molecule is CCC[NH+]1CC[NH+](C[C@H](O)COc2ccc(C(C)=O)cc2OC)CC1. The van der Waals surface area contributed by atoms with E-state index in [2.05, 4.69) is 6.92 Å². The van der Waals surface area contributed by atoms with Gasteiger partial charge in [-0.15, -0.1) is 0 Å². The first kappa shape index (κ1) is 19.7. The lowest BCUT2D eigenvalue weighted by atomic mass is 10.1. The molecule has 0 unspecified atom stereocenters. The highest BCUT2D eigenvalue weighted by molar-refractivity contribution is 5.94. The van der Waals surface area contributed by atoms with E-state index in [-0.39, 0.29) is 12.4 Å². The maximum absolute atomic E-state index is 11.4. The van der Waals surface area contributed by atoms with Gasteiger partial charge in [0.15, 0.2) is 17.3 Å². The second-order valence-electron chi connectivity index (χ2n) is 6.84. The van der Waals surface area contributed by atoms with Crippen molar-refractivity contribution in [2.45, 2.75) is 26.4 Å². The van der Waals surface area contributed by atoms with Gasteiger partial charge in [0.2, 0.25) is 0 Å². The molecule has 6 nitrogen and oxygen atoms in total. The molecule has 1 aromatic rings. The number of carbonyl (C=O) groups excluding carboxylic acids is 1. The average molecular weight is 352 g/mol. The topological polar surface area (TPSA) is 64.6 Å². The maximum Gasteiger partial charge on any atom is 0.161 e. The summed E-state index contributed by atoms with van der Waals surface area (Å²) in [6.07, 6.45) is 0.714. The van der Waals surface area contributed by atoms with E-state index < -0.39 is 6.10 Å². The number of nitrogens with one attached hydrogen (secondary N) is 2. The Kier molecular flexibility index (Phi) is 7.68. The average Bonchev–Trinajstić information content (AvgIpc) is 2.61. The number of carbonyl (C=O) groups is 1. The Morgan fingerprint density at radius 3 is 2.48 bits per heavy atom. The fraction of sp³-hybridized carbons (Fsp3) is 0.632. The maximum atomic E-state index is 11.4. The monoisotopic (exact) mass is 352 g/mol. The van der Waals surface area contributed by atoms with Crippen LogP contribution in [-0.4, -0.2) is 70.0 Å². The van der Waals surface area contributed by atoms with Crippen molar-refractivity contribution in [1.29, 1.82) is 0 Å². The Morgan fingerprint density at radius 2 is 1.88 bits per heavy atom. The number of hydrogen-bond donors (Lipinski definition) is 3. The van der Waals surface area contributed by atoms with Crippen LogP contribution in [0.5, 0.6) is 11.5 Å². The number of aliphatic hydroxyl groups excluding tert-OH is 1. The Bertz CT molecular complexity index is 556. The van der Waals surface area contributed by atoms with E-state index in [0.717, 1.165) is 13.1 Å². The third-order valence-corrected chi connectivity index (χ3v) is 4.79. The molecule has 0 saturated carbocycles. The largest absolute Gasteiger partial charge is 0.493 e. The summed E-state index contributed by atoms with van der Waals surface area (Å²) in [5, 5.41) is 10.3. The Labute approximate surface area is 150 Å². The molecule has 3 N–H and O–H groups in total. The summed E-state index contributed by atoms with van der Waals surface area (Å²) in [6.45, 7) is 10.5. The lowest BCUT2D eigenvalue weighted by Crippen LogP contribution is -3.28. The first-order valence-corrected chi connectivity index (χ1v) is 9.20. The number of ketones is 1. The molecule has 0 bridgehead atoms. The van der Waals surface area contributed by atoms with Crippen LogP contribution in [0.3, 0.4) is 0 Å². The van der Waals surface area contributed by atoms with Gasteiger partial charge in [0.1, 0.15) is 45.4 Å². The number of hydrogen-bond acceptors (Lipinski definition) is 4. The molecule has 25 heavy (non-hydrogen) atoms. The molecule has 1 fully saturated rings. The van der Waals surface area contributed by atoms with Gasteiger partial charge in [-0.25, -0.2) is 0 Å². The van der Waals surface area contributed by atoms with Crippen LogP contribution in [0.25, 0.3) is 0 Å². The standard InChI is InChI=1S/C19H30N2O4/c1-4-7-20-8-10-21(11-9-20)13-17(23)14-25-18-6-5-16(15(2)22)12-19(18)24-3/h5-6,12,17,23H,4,7-11,13-14H2,1-3H3/p+2/t17-/m0/s1. The van der Waals surface area contributed by atoms with Crippen molar-refractivity contribution in [3.8, 4) is 11.5 Å². The zero-order chi connectivity index (χ0) is 18.2. The van der Waals surface area contributed by atoms with Crippen LogP contribution in [0.4, 0.5) is 0 Å². The smallest absolute Gasteiger partial charge is 0.161 e. The Morgan fingerprint density at radius 1 is 1.20 bits per heavy atom. The van der Waals surface area contributed by atoms with Crippen molar-refractivity contribution in [3.63, 3.8) is 0 Å². The molecule has 140 valence electrons. The van der Waals surface area contributed by atoms with Crippen molar-refractivity contribution < 1.29 is 29.2 Å². The molecule has 1 atom stereocenters. The van der Waals surface area contributed by atoms with Crippen LogP contribution < -0.4 is 19.3 Å². The van der Waals surface area contributed by atoms with E-state index in [1.165, 1.54) is 37.9 Å². The molecule has 2 rings (SSSR count). The highest BCUT2D eigenvalue weighted by atomic mass is 16.5. The van der Waals surface area contributed by atoms with E-state index in [0.29, 0.717) is 23.6 Å². The fourth-order valence-corrected chi connectivity index (χ4v) is 3.35. The van der Waals surface area contributed by atoms with Crippen molar-refractivity contribution in [2.75, 3.05) is 53.0 Å². The second-order valence-corrected chi connectivity index (χ2v) is 6.84. The molecule has 0 aromatic heterocycles. The van der Waals surface area contributed by atoms with E-state index in [4.69, 9.17) is 9.47 Å². The first-order chi connectivity index (χ1) is 12.0. The van der Waals surface area contributed by atoms with Gasteiger partial charge in [-0.2, -0.15) is 0 Å². The Balaban J connectivity index is 1.80. The minimum atomic E-state index is -0.514. The summed E-state index contributed by atoms with van der Waals surface area (Å²) >= 11 is 0. The quantitative estimate of drug-likeness (QED) is 0.490. The predicted octanol–water partition coefficient (Wildman–Crippen LogP) is -1.17. The van der Waals surface area contributed by atoms with Gasteiger partial charge in [0.25, 0.3) is 0 Å². The third kappa shape index (κ3) is 5.99. The normalized spacial score (nSPS) is 21.6. The Hall–Kier alpha value is -1.63. The lowest BCUT2D eigenvalue weighted by molar-refractivity contribution is -1.01. The van der Waals surface area contributed by atoms with Crippen LogP contribution in [0.2, 0.25) is 0 Å². The third-order valence-electron chi connectivity index (χ3n) is 4.79. The number of rotatable bonds is 9. The summed E-state index contributed by atoms with van der Waals surface area (Å²) < 4.78 is 11.0. The van der Waals surface area contributed by atoms with Crippen LogP contribution in [0.15, 0.2) is 18.2 Å². The summed E-state index contributed by atoms with van der Waals surface area (Å²) in [7, 11) is 1.55. The van der Waals surface area contributed by atoms with Gasteiger partial charge in [-0.3, -0.25) is 4.79 Å². The van der Waals surface area contributed by atoms with Crippen LogP contribution >= 0.6 is 0 Å². The summed E-state index contributed by atoms with van der Waals surface area (Å²) in [6, 6.07) is 5.11. The summed E-state index contributed by atoms with van der Waals surface area (Å²) in [5.41, 5.74) is 0.585. The molecule has 6 heteroatoms. The highest BCUT2D eigenvalue weighted by Gasteiger charge is 2.24. The fourth-order valence-electron chi connectivity index (χ4n) is 3.35. The van der Waals surface area contributed by atoms with Crippen LogP contribution in [0.1, 0.15) is 30.6 Å². The van der Waals surface area contributed by atoms with E-state index in [1.54, 1.807) is 30.2 Å². The molecule has 1 saturated heterocycles. The summed E-state index contributed by atoms with van der Waals surface area (Å²) in [5.74, 6) is 1.06. The van der Waals surface area contributed by atoms with Gasteiger partial charge >= 0.3 is 0 Å².